The number of anilines is 1. The lowest BCUT2D eigenvalue weighted by Crippen LogP contribution is -2.47. The molecule has 9 heteroatoms. The average Bonchev–Trinajstić information content (AvgIpc) is 2.81. The van der Waals surface area contributed by atoms with Crippen LogP contribution in [0.3, 0.4) is 0 Å². The number of benzene rings is 2. The number of ketones is 1. The Morgan fingerprint density at radius 1 is 1.21 bits per heavy atom. The quantitative estimate of drug-likeness (QED) is 0.538. The molecule has 3 rings (SSSR count). The van der Waals surface area contributed by atoms with Crippen molar-refractivity contribution < 1.29 is 23.8 Å². The summed E-state index contributed by atoms with van der Waals surface area (Å²) in [5.74, 6) is 1.27. The highest BCUT2D eigenvalue weighted by Gasteiger charge is 2.26. The van der Waals surface area contributed by atoms with Crippen molar-refractivity contribution in [1.29, 1.82) is 0 Å². The zero-order valence-electron chi connectivity index (χ0n) is 18.8. The Bertz CT molecular complexity index is 996. The number of amides is 1. The van der Waals surface area contributed by atoms with Crippen molar-refractivity contribution in [2.45, 2.75) is 25.9 Å². The van der Waals surface area contributed by atoms with Crippen LogP contribution in [-0.4, -0.2) is 61.2 Å². The Morgan fingerprint density at radius 2 is 1.97 bits per heavy atom. The molecule has 2 aromatic carbocycles. The SMILES string of the molecule is COc1cc(CCC(C)=O)ccc1OCC1CN(C(=O)c2ccc(NC(N)=S)cc2)CCO1. The Labute approximate surface area is 199 Å². The Morgan fingerprint density at radius 3 is 2.64 bits per heavy atom. The second-order valence-corrected chi connectivity index (χ2v) is 8.25. The summed E-state index contributed by atoms with van der Waals surface area (Å²) in [6, 6.07) is 12.6. The smallest absolute Gasteiger partial charge is 0.254 e. The van der Waals surface area contributed by atoms with Gasteiger partial charge in [-0.2, -0.15) is 0 Å². The number of aryl methyl sites for hydroxylation is 1. The van der Waals surface area contributed by atoms with Crippen molar-refractivity contribution in [3.63, 3.8) is 0 Å². The topological polar surface area (TPSA) is 103 Å². The molecule has 3 N–H and O–H groups in total. The van der Waals surface area contributed by atoms with Crippen LogP contribution < -0.4 is 20.5 Å². The van der Waals surface area contributed by atoms with E-state index in [-0.39, 0.29) is 29.5 Å². The largest absolute Gasteiger partial charge is 0.493 e. The van der Waals surface area contributed by atoms with Gasteiger partial charge in [0, 0.05) is 24.2 Å². The lowest BCUT2D eigenvalue weighted by atomic mass is 10.1. The number of thiocarbonyl (C=S) groups is 1. The van der Waals surface area contributed by atoms with Crippen LogP contribution in [0.5, 0.6) is 11.5 Å². The first-order chi connectivity index (χ1) is 15.9. The van der Waals surface area contributed by atoms with E-state index >= 15 is 0 Å². The molecule has 0 spiro atoms. The number of methoxy groups -OCH3 is 1. The van der Waals surface area contributed by atoms with Crippen LogP contribution in [0, 0.1) is 0 Å². The predicted molar refractivity (Wildman–Crippen MR) is 130 cm³/mol. The number of Topliss-reactive ketones (excluding diaryl/α,β-unsaturated/α-hetero) is 1. The van der Waals surface area contributed by atoms with E-state index in [2.05, 4.69) is 5.32 Å². The summed E-state index contributed by atoms with van der Waals surface area (Å²) in [4.78, 5) is 25.9. The van der Waals surface area contributed by atoms with Gasteiger partial charge in [0.2, 0.25) is 0 Å². The lowest BCUT2D eigenvalue weighted by molar-refractivity contribution is -0.116. The molecule has 0 radical (unpaired) electrons. The minimum atomic E-state index is -0.264. The molecular weight excluding hydrogens is 442 g/mol. The number of hydrogen-bond acceptors (Lipinski definition) is 6. The monoisotopic (exact) mass is 471 g/mol. The number of carbonyl (C=O) groups excluding carboxylic acids is 2. The summed E-state index contributed by atoms with van der Waals surface area (Å²) in [7, 11) is 1.58. The molecule has 1 amide bonds. The number of ether oxygens (including phenoxy) is 3. The van der Waals surface area contributed by atoms with E-state index in [9.17, 15) is 9.59 Å². The molecule has 0 aromatic heterocycles. The zero-order valence-corrected chi connectivity index (χ0v) is 19.7. The average molecular weight is 472 g/mol. The summed E-state index contributed by atoms with van der Waals surface area (Å²) in [6.45, 7) is 3.23. The number of nitrogens with one attached hydrogen (secondary N) is 1. The summed E-state index contributed by atoms with van der Waals surface area (Å²) in [5, 5.41) is 3.01. The lowest BCUT2D eigenvalue weighted by Gasteiger charge is -2.33. The third-order valence-electron chi connectivity index (χ3n) is 5.24. The van der Waals surface area contributed by atoms with E-state index in [4.69, 9.17) is 32.2 Å². The van der Waals surface area contributed by atoms with Crippen molar-refractivity contribution in [2.24, 2.45) is 5.73 Å². The van der Waals surface area contributed by atoms with Crippen LogP contribution >= 0.6 is 12.2 Å². The minimum Gasteiger partial charge on any atom is -0.493 e. The van der Waals surface area contributed by atoms with Crippen LogP contribution in [0.2, 0.25) is 0 Å². The van der Waals surface area contributed by atoms with Crippen LogP contribution in [-0.2, 0) is 16.0 Å². The normalized spacial score (nSPS) is 15.6. The van der Waals surface area contributed by atoms with E-state index in [0.717, 1.165) is 11.3 Å². The molecule has 2 aromatic rings. The molecule has 1 aliphatic rings. The molecule has 0 aliphatic carbocycles. The summed E-state index contributed by atoms with van der Waals surface area (Å²) in [6.07, 6.45) is 0.883. The summed E-state index contributed by atoms with van der Waals surface area (Å²) < 4.78 is 17.2. The van der Waals surface area contributed by atoms with Crippen molar-refractivity contribution in [3.05, 3.63) is 53.6 Å². The third kappa shape index (κ3) is 7.16. The Kier molecular flexibility index (Phi) is 8.62. The Hall–Kier alpha value is -3.17. The maximum Gasteiger partial charge on any atom is 0.254 e. The second kappa shape index (κ2) is 11.6. The second-order valence-electron chi connectivity index (χ2n) is 7.81. The van der Waals surface area contributed by atoms with Crippen LogP contribution in [0.25, 0.3) is 0 Å². The molecule has 8 nitrogen and oxygen atoms in total. The number of hydrogen-bond donors (Lipinski definition) is 2. The predicted octanol–water partition coefficient (Wildman–Crippen LogP) is 2.79. The van der Waals surface area contributed by atoms with E-state index in [1.165, 1.54) is 0 Å². The van der Waals surface area contributed by atoms with E-state index in [1.807, 2.05) is 18.2 Å². The highest BCUT2D eigenvalue weighted by molar-refractivity contribution is 7.80. The van der Waals surface area contributed by atoms with Gasteiger partial charge in [-0.3, -0.25) is 4.79 Å². The van der Waals surface area contributed by atoms with E-state index in [0.29, 0.717) is 49.6 Å². The van der Waals surface area contributed by atoms with Gasteiger partial charge >= 0.3 is 0 Å². The fraction of sp³-hybridized carbons (Fsp3) is 0.375. The number of nitrogens with two attached hydrogens (primary N) is 1. The van der Waals surface area contributed by atoms with Gasteiger partial charge in [-0.1, -0.05) is 6.07 Å². The number of rotatable bonds is 9. The van der Waals surface area contributed by atoms with E-state index < -0.39 is 0 Å². The number of morpholine rings is 1. The van der Waals surface area contributed by atoms with Gasteiger partial charge in [0.1, 0.15) is 18.5 Å². The van der Waals surface area contributed by atoms with Gasteiger partial charge in [0.05, 0.1) is 20.3 Å². The molecule has 1 atom stereocenters. The first-order valence-corrected chi connectivity index (χ1v) is 11.1. The van der Waals surface area contributed by atoms with Gasteiger partial charge in [0.25, 0.3) is 5.91 Å². The van der Waals surface area contributed by atoms with Gasteiger partial charge in [-0.25, -0.2) is 0 Å². The molecular formula is C24H29N3O5S. The van der Waals surface area contributed by atoms with Gasteiger partial charge in [-0.15, -0.1) is 0 Å². The van der Waals surface area contributed by atoms with Crippen LogP contribution in [0.1, 0.15) is 29.3 Å². The van der Waals surface area contributed by atoms with Crippen molar-refractivity contribution in [3.8, 4) is 11.5 Å². The first kappa shape index (κ1) is 24.5. The molecule has 176 valence electrons. The molecule has 1 fully saturated rings. The molecule has 0 bridgehead atoms. The van der Waals surface area contributed by atoms with Crippen LogP contribution in [0.4, 0.5) is 5.69 Å². The van der Waals surface area contributed by atoms with Crippen molar-refractivity contribution in [2.75, 3.05) is 38.7 Å². The molecule has 0 saturated carbocycles. The molecule has 33 heavy (non-hydrogen) atoms. The van der Waals surface area contributed by atoms with Gasteiger partial charge in [-0.05, 0) is 67.5 Å². The fourth-order valence-electron chi connectivity index (χ4n) is 3.52. The van der Waals surface area contributed by atoms with Gasteiger partial charge in [0.15, 0.2) is 16.6 Å². The zero-order chi connectivity index (χ0) is 23.8. The fourth-order valence-corrected chi connectivity index (χ4v) is 3.63. The maximum atomic E-state index is 12.9. The summed E-state index contributed by atoms with van der Waals surface area (Å²) in [5.41, 5.74) is 7.79. The van der Waals surface area contributed by atoms with E-state index in [1.54, 1.807) is 43.2 Å². The molecule has 1 heterocycles. The number of carbonyl (C=O) groups is 2. The molecule has 1 saturated heterocycles. The number of nitrogens with zero attached hydrogens (tertiary/aromatic N) is 1. The standard InChI is InChI=1S/C24H29N3O5S/c1-16(28)3-4-17-5-10-21(22(13-17)30-2)32-15-20-14-27(11-12-31-20)23(29)18-6-8-19(9-7-18)26-24(25)33/h5-10,13,20H,3-4,11-12,14-15H2,1-2H3,(H3,25,26,33). The molecule has 1 unspecified atom stereocenters. The highest BCUT2D eigenvalue weighted by atomic mass is 32.1. The molecule has 1 aliphatic heterocycles. The Balaban J connectivity index is 1.57. The first-order valence-electron chi connectivity index (χ1n) is 10.7. The van der Waals surface area contributed by atoms with Crippen molar-refractivity contribution in [1.82, 2.24) is 4.90 Å². The minimum absolute atomic E-state index is 0.0717. The maximum absolute atomic E-state index is 12.9. The van der Waals surface area contributed by atoms with Crippen LogP contribution in [0.15, 0.2) is 42.5 Å². The third-order valence-corrected chi connectivity index (χ3v) is 5.35. The summed E-state index contributed by atoms with van der Waals surface area (Å²) >= 11 is 4.83. The highest BCUT2D eigenvalue weighted by Crippen LogP contribution is 2.29. The van der Waals surface area contributed by atoms with Gasteiger partial charge < -0.3 is 35.0 Å². The van der Waals surface area contributed by atoms with Crippen molar-refractivity contribution >= 4 is 34.7 Å².